The first-order chi connectivity index (χ1) is 16.9. The van der Waals surface area contributed by atoms with Gasteiger partial charge in [-0.2, -0.15) is 0 Å². The highest BCUT2D eigenvalue weighted by Crippen LogP contribution is 2.20. The van der Waals surface area contributed by atoms with E-state index >= 15 is 0 Å². The number of amides is 2. The molecule has 0 radical (unpaired) electrons. The largest absolute Gasteiger partial charge is 0.382 e. The van der Waals surface area contributed by atoms with E-state index in [4.69, 9.17) is 4.74 Å². The van der Waals surface area contributed by atoms with Crippen LogP contribution < -0.4 is 0 Å². The van der Waals surface area contributed by atoms with Crippen LogP contribution in [-0.2, 0) is 22.6 Å². The van der Waals surface area contributed by atoms with Crippen LogP contribution in [0.1, 0.15) is 44.6 Å². The average molecular weight is 497 g/mol. The van der Waals surface area contributed by atoms with E-state index in [2.05, 4.69) is 0 Å². The zero-order chi connectivity index (χ0) is 25.2. The van der Waals surface area contributed by atoms with Crippen LogP contribution in [0, 0.1) is 19.7 Å². The van der Waals surface area contributed by atoms with Crippen LogP contribution in [0.2, 0.25) is 0 Å². The van der Waals surface area contributed by atoms with Gasteiger partial charge in [-0.25, -0.2) is 4.39 Å². The van der Waals surface area contributed by atoms with Crippen LogP contribution in [-0.4, -0.2) is 47.9 Å². The fourth-order valence-electron chi connectivity index (χ4n) is 3.80. The number of aryl methyl sites for hydroxylation is 2. The van der Waals surface area contributed by atoms with E-state index in [-0.39, 0.29) is 24.2 Å². The van der Waals surface area contributed by atoms with Crippen molar-refractivity contribution in [2.75, 3.05) is 26.3 Å². The highest BCUT2D eigenvalue weighted by Gasteiger charge is 2.24. The van der Waals surface area contributed by atoms with Crippen molar-refractivity contribution in [1.29, 1.82) is 0 Å². The van der Waals surface area contributed by atoms with Gasteiger partial charge in [-0.15, -0.1) is 11.3 Å². The van der Waals surface area contributed by atoms with Gasteiger partial charge in [0.25, 0.3) is 5.91 Å². The van der Waals surface area contributed by atoms with E-state index in [1.807, 2.05) is 51.1 Å². The monoisotopic (exact) mass is 496 g/mol. The molecule has 3 rings (SSSR count). The lowest BCUT2D eigenvalue weighted by molar-refractivity contribution is -0.133. The van der Waals surface area contributed by atoms with Crippen molar-refractivity contribution in [3.8, 4) is 0 Å². The van der Waals surface area contributed by atoms with Crippen LogP contribution in [0.4, 0.5) is 4.39 Å². The van der Waals surface area contributed by atoms with Gasteiger partial charge in [-0.1, -0.05) is 30.3 Å². The second kappa shape index (κ2) is 13.2. The molecule has 5 nitrogen and oxygen atoms in total. The fourth-order valence-corrected chi connectivity index (χ4v) is 4.71. The highest BCUT2D eigenvalue weighted by atomic mass is 32.1. The summed E-state index contributed by atoms with van der Waals surface area (Å²) in [6, 6.07) is 17.6. The Bertz CT molecular complexity index is 1110. The van der Waals surface area contributed by atoms with Crippen molar-refractivity contribution < 1.29 is 18.7 Å². The summed E-state index contributed by atoms with van der Waals surface area (Å²) in [6.07, 6.45) is 0.640. The minimum atomic E-state index is -0.315. The van der Waals surface area contributed by atoms with Gasteiger partial charge < -0.3 is 14.5 Å². The molecule has 1 aromatic heterocycles. The molecule has 7 heteroatoms. The molecule has 3 aromatic rings. The third-order valence-electron chi connectivity index (χ3n) is 5.69. The summed E-state index contributed by atoms with van der Waals surface area (Å²) in [7, 11) is 0. The van der Waals surface area contributed by atoms with Crippen molar-refractivity contribution in [2.24, 2.45) is 0 Å². The smallest absolute Gasteiger partial charge is 0.254 e. The number of nitrogens with zero attached hydrogens (tertiary/aromatic N) is 2. The maximum absolute atomic E-state index is 13.6. The summed E-state index contributed by atoms with van der Waals surface area (Å²) >= 11 is 1.64. The SMILES string of the molecule is CCOCCCN(CC(=O)N(Cc1ccc(F)cc1)Cc1ccc(C)s1)C(=O)c1ccccc1C. The van der Waals surface area contributed by atoms with E-state index in [0.29, 0.717) is 44.8 Å². The van der Waals surface area contributed by atoms with Gasteiger partial charge in [0.05, 0.1) is 6.54 Å². The molecule has 0 aliphatic rings. The lowest BCUT2D eigenvalue weighted by atomic mass is 10.1. The number of rotatable bonds is 12. The molecule has 2 aromatic carbocycles. The van der Waals surface area contributed by atoms with Crippen LogP contribution >= 0.6 is 11.3 Å². The van der Waals surface area contributed by atoms with Gasteiger partial charge in [0.2, 0.25) is 5.91 Å². The number of ether oxygens (including phenoxy) is 1. The molecule has 2 amide bonds. The Balaban J connectivity index is 1.81. The second-order valence-corrected chi connectivity index (χ2v) is 9.85. The Kier molecular flexibility index (Phi) is 9.99. The number of benzene rings is 2. The third-order valence-corrected chi connectivity index (χ3v) is 6.68. The normalized spacial score (nSPS) is 10.9. The van der Waals surface area contributed by atoms with E-state index in [9.17, 15) is 14.0 Å². The molecule has 0 bridgehead atoms. The number of carbonyl (C=O) groups excluding carboxylic acids is 2. The fraction of sp³-hybridized carbons (Fsp3) is 0.357. The predicted octanol–water partition coefficient (Wildman–Crippen LogP) is 5.60. The summed E-state index contributed by atoms with van der Waals surface area (Å²) in [4.78, 5) is 32.6. The van der Waals surface area contributed by atoms with E-state index in [1.54, 1.807) is 39.3 Å². The molecule has 0 fully saturated rings. The maximum atomic E-state index is 13.6. The van der Waals surface area contributed by atoms with Crippen LogP contribution in [0.15, 0.2) is 60.7 Å². The van der Waals surface area contributed by atoms with Crippen LogP contribution in [0.3, 0.4) is 0 Å². The van der Waals surface area contributed by atoms with Crippen molar-refractivity contribution in [3.63, 3.8) is 0 Å². The highest BCUT2D eigenvalue weighted by molar-refractivity contribution is 7.11. The number of hydrogen-bond donors (Lipinski definition) is 0. The topological polar surface area (TPSA) is 49.9 Å². The summed E-state index contributed by atoms with van der Waals surface area (Å²) in [5, 5.41) is 0. The molecule has 0 saturated carbocycles. The van der Waals surface area contributed by atoms with Crippen LogP contribution in [0.5, 0.6) is 0 Å². The number of thiophene rings is 1. The second-order valence-electron chi connectivity index (χ2n) is 8.48. The molecule has 35 heavy (non-hydrogen) atoms. The summed E-state index contributed by atoms with van der Waals surface area (Å²) < 4.78 is 18.9. The van der Waals surface area contributed by atoms with Gasteiger partial charge in [0.15, 0.2) is 0 Å². The maximum Gasteiger partial charge on any atom is 0.254 e. The molecule has 0 unspecified atom stereocenters. The van der Waals surface area contributed by atoms with Crippen LogP contribution in [0.25, 0.3) is 0 Å². The summed E-state index contributed by atoms with van der Waals surface area (Å²) in [6.45, 7) is 8.13. The first-order valence-corrected chi connectivity index (χ1v) is 12.7. The quantitative estimate of drug-likeness (QED) is 0.307. The van der Waals surface area contributed by atoms with Crippen molar-refractivity contribution >= 4 is 23.2 Å². The van der Waals surface area contributed by atoms with Crippen molar-refractivity contribution in [3.05, 3.63) is 92.9 Å². The Morgan fingerprint density at radius 3 is 2.34 bits per heavy atom. The lowest BCUT2D eigenvalue weighted by Crippen LogP contribution is -2.43. The number of carbonyl (C=O) groups is 2. The minimum absolute atomic E-state index is 0.0369. The minimum Gasteiger partial charge on any atom is -0.382 e. The Morgan fingerprint density at radius 2 is 1.69 bits per heavy atom. The Morgan fingerprint density at radius 1 is 0.943 bits per heavy atom. The van der Waals surface area contributed by atoms with Gasteiger partial charge >= 0.3 is 0 Å². The first kappa shape index (κ1) is 26.6. The van der Waals surface area contributed by atoms with Gasteiger partial charge in [0, 0.05) is 41.6 Å². The van der Waals surface area contributed by atoms with E-state index < -0.39 is 0 Å². The molecule has 1 heterocycles. The predicted molar refractivity (Wildman–Crippen MR) is 138 cm³/mol. The zero-order valence-corrected chi connectivity index (χ0v) is 21.4. The van der Waals surface area contributed by atoms with E-state index in [1.165, 1.54) is 17.0 Å². The zero-order valence-electron chi connectivity index (χ0n) is 20.6. The summed E-state index contributed by atoms with van der Waals surface area (Å²) in [5.74, 6) is -0.634. The number of hydrogen-bond acceptors (Lipinski definition) is 4. The molecule has 0 aliphatic heterocycles. The molecular formula is C28H33FN2O3S. The van der Waals surface area contributed by atoms with Crippen molar-refractivity contribution in [2.45, 2.75) is 40.3 Å². The lowest BCUT2D eigenvalue weighted by Gasteiger charge is -2.28. The molecule has 0 atom stereocenters. The van der Waals surface area contributed by atoms with Gasteiger partial charge in [-0.05, 0) is 68.7 Å². The molecule has 0 saturated heterocycles. The molecule has 186 valence electrons. The van der Waals surface area contributed by atoms with E-state index in [0.717, 1.165) is 16.0 Å². The molecule has 0 spiro atoms. The standard InChI is InChI=1S/C28H33FN2O3S/c1-4-34-17-7-16-30(28(33)26-9-6-5-8-21(26)2)20-27(32)31(19-25-15-10-22(3)35-25)18-23-11-13-24(29)14-12-23/h5-6,8-15H,4,7,16-20H2,1-3H3. The number of halogens is 1. The van der Waals surface area contributed by atoms with Gasteiger partial charge in [-0.3, -0.25) is 9.59 Å². The molecule has 0 aliphatic carbocycles. The molecule has 0 N–H and O–H groups in total. The average Bonchev–Trinajstić information content (AvgIpc) is 3.26. The molecular weight excluding hydrogens is 463 g/mol. The Hall–Kier alpha value is -3.03. The summed E-state index contributed by atoms with van der Waals surface area (Å²) in [5.41, 5.74) is 2.30. The third kappa shape index (κ3) is 8.01. The van der Waals surface area contributed by atoms with Gasteiger partial charge in [0.1, 0.15) is 12.4 Å². The van der Waals surface area contributed by atoms with Crippen molar-refractivity contribution in [1.82, 2.24) is 9.80 Å². The first-order valence-electron chi connectivity index (χ1n) is 11.9. The Labute approximate surface area is 211 Å².